The molecule has 0 aliphatic rings. The normalized spacial score (nSPS) is 12.3. The molecule has 0 fully saturated rings. The van der Waals surface area contributed by atoms with E-state index >= 15 is 0 Å². The molecule has 4 heteroatoms. The van der Waals surface area contributed by atoms with Gasteiger partial charge in [0.15, 0.2) is 0 Å². The van der Waals surface area contributed by atoms with E-state index in [0.29, 0.717) is 18.0 Å². The van der Waals surface area contributed by atoms with Crippen LogP contribution in [0.15, 0.2) is 12.1 Å². The van der Waals surface area contributed by atoms with Gasteiger partial charge in [0.1, 0.15) is 17.2 Å². The molecule has 1 unspecified atom stereocenters. The molecule has 1 aromatic carbocycles. The number of hydrogen-bond acceptors (Lipinski definition) is 4. The zero-order valence-corrected chi connectivity index (χ0v) is 9.28. The topological polar surface area (TPSA) is 64.7 Å². The lowest BCUT2D eigenvalue weighted by Gasteiger charge is -2.16. The average molecular weight is 211 g/mol. The number of rotatable bonds is 4. The number of phenols is 1. The maximum absolute atomic E-state index is 9.82. The second-order valence-corrected chi connectivity index (χ2v) is 3.40. The standard InChI is InChI=1S/C11H17NO3/c1-7(6-12)11-9(13)4-8(14-2)5-10(11)15-3/h4-5,7,13H,6,12H2,1-3H3. The summed E-state index contributed by atoms with van der Waals surface area (Å²) in [6.07, 6.45) is 0. The van der Waals surface area contributed by atoms with Crippen LogP contribution >= 0.6 is 0 Å². The van der Waals surface area contributed by atoms with E-state index in [1.807, 2.05) is 6.92 Å². The average Bonchev–Trinajstić information content (AvgIpc) is 2.26. The van der Waals surface area contributed by atoms with E-state index in [-0.39, 0.29) is 11.7 Å². The van der Waals surface area contributed by atoms with Crippen LogP contribution in [-0.2, 0) is 0 Å². The van der Waals surface area contributed by atoms with Gasteiger partial charge in [0.25, 0.3) is 0 Å². The smallest absolute Gasteiger partial charge is 0.129 e. The summed E-state index contributed by atoms with van der Waals surface area (Å²) >= 11 is 0. The van der Waals surface area contributed by atoms with Crippen molar-refractivity contribution in [3.05, 3.63) is 17.7 Å². The fraction of sp³-hybridized carbons (Fsp3) is 0.455. The molecule has 3 N–H and O–H groups in total. The number of phenolic OH excluding ortho intramolecular Hbond substituents is 1. The van der Waals surface area contributed by atoms with Gasteiger partial charge < -0.3 is 20.3 Å². The molecule has 0 amide bonds. The van der Waals surface area contributed by atoms with Crippen LogP contribution in [-0.4, -0.2) is 25.9 Å². The van der Waals surface area contributed by atoms with Crippen molar-refractivity contribution in [2.75, 3.05) is 20.8 Å². The highest BCUT2D eigenvalue weighted by Gasteiger charge is 2.16. The van der Waals surface area contributed by atoms with Crippen LogP contribution in [0.1, 0.15) is 18.4 Å². The van der Waals surface area contributed by atoms with E-state index in [1.54, 1.807) is 26.4 Å². The summed E-state index contributed by atoms with van der Waals surface area (Å²) in [6.45, 7) is 2.39. The summed E-state index contributed by atoms with van der Waals surface area (Å²) in [5.41, 5.74) is 6.29. The molecule has 0 aromatic heterocycles. The number of nitrogens with two attached hydrogens (primary N) is 1. The number of ether oxygens (including phenoxy) is 2. The van der Waals surface area contributed by atoms with Gasteiger partial charge in [-0.3, -0.25) is 0 Å². The molecule has 0 aliphatic carbocycles. The summed E-state index contributed by atoms with van der Waals surface area (Å²) in [5.74, 6) is 1.37. The van der Waals surface area contributed by atoms with E-state index in [2.05, 4.69) is 0 Å². The maximum atomic E-state index is 9.82. The molecule has 1 rings (SSSR count). The molecule has 4 nitrogen and oxygen atoms in total. The summed E-state index contributed by atoms with van der Waals surface area (Å²) in [5, 5.41) is 9.82. The van der Waals surface area contributed by atoms with Gasteiger partial charge in [0, 0.05) is 23.6 Å². The quantitative estimate of drug-likeness (QED) is 0.791. The molecule has 0 spiro atoms. The van der Waals surface area contributed by atoms with Crippen LogP contribution < -0.4 is 15.2 Å². The predicted octanol–water partition coefficient (Wildman–Crippen LogP) is 1.47. The van der Waals surface area contributed by atoms with Crippen LogP contribution in [0.4, 0.5) is 0 Å². The molecule has 0 heterocycles. The maximum Gasteiger partial charge on any atom is 0.129 e. The number of hydrogen-bond donors (Lipinski definition) is 2. The molecule has 84 valence electrons. The van der Waals surface area contributed by atoms with Gasteiger partial charge in [0.05, 0.1) is 14.2 Å². The Morgan fingerprint density at radius 1 is 1.33 bits per heavy atom. The van der Waals surface area contributed by atoms with E-state index < -0.39 is 0 Å². The van der Waals surface area contributed by atoms with Crippen LogP contribution in [0.3, 0.4) is 0 Å². The minimum absolute atomic E-state index is 0.0471. The van der Waals surface area contributed by atoms with Gasteiger partial charge in [-0.05, 0) is 6.54 Å². The summed E-state index contributed by atoms with van der Waals surface area (Å²) in [6, 6.07) is 3.30. The Hall–Kier alpha value is -1.42. The predicted molar refractivity (Wildman–Crippen MR) is 58.7 cm³/mol. The van der Waals surface area contributed by atoms with Gasteiger partial charge in [0.2, 0.25) is 0 Å². The lowest BCUT2D eigenvalue weighted by molar-refractivity contribution is 0.376. The second-order valence-electron chi connectivity index (χ2n) is 3.40. The fourth-order valence-corrected chi connectivity index (χ4v) is 1.49. The number of benzene rings is 1. The highest BCUT2D eigenvalue weighted by molar-refractivity contribution is 5.51. The fourth-order valence-electron chi connectivity index (χ4n) is 1.49. The molecule has 1 aromatic rings. The SMILES string of the molecule is COc1cc(O)c(C(C)CN)c(OC)c1. The zero-order chi connectivity index (χ0) is 11.4. The van der Waals surface area contributed by atoms with Gasteiger partial charge in [-0.25, -0.2) is 0 Å². The lowest BCUT2D eigenvalue weighted by atomic mass is 9.99. The number of aromatic hydroxyl groups is 1. The molecule has 0 bridgehead atoms. The van der Waals surface area contributed by atoms with E-state index in [4.69, 9.17) is 15.2 Å². The summed E-state index contributed by atoms with van der Waals surface area (Å²) in [4.78, 5) is 0. The Kier molecular flexibility index (Phi) is 3.80. The molecule has 0 aliphatic heterocycles. The Balaban J connectivity index is 3.24. The minimum atomic E-state index is 0.0471. The first-order valence-corrected chi connectivity index (χ1v) is 4.79. The van der Waals surface area contributed by atoms with Crippen molar-refractivity contribution in [2.45, 2.75) is 12.8 Å². The Morgan fingerprint density at radius 3 is 2.47 bits per heavy atom. The molecule has 0 saturated carbocycles. The highest BCUT2D eigenvalue weighted by atomic mass is 16.5. The van der Waals surface area contributed by atoms with Gasteiger partial charge >= 0.3 is 0 Å². The second kappa shape index (κ2) is 4.89. The van der Waals surface area contributed by atoms with E-state index in [0.717, 1.165) is 5.56 Å². The van der Waals surface area contributed by atoms with Crippen molar-refractivity contribution >= 4 is 0 Å². The van der Waals surface area contributed by atoms with Gasteiger partial charge in [-0.15, -0.1) is 0 Å². The summed E-state index contributed by atoms with van der Waals surface area (Å²) in [7, 11) is 3.10. The van der Waals surface area contributed by atoms with Crippen molar-refractivity contribution in [3.8, 4) is 17.2 Å². The third-order valence-electron chi connectivity index (χ3n) is 2.40. The molecule has 1 atom stereocenters. The van der Waals surface area contributed by atoms with Crippen molar-refractivity contribution in [1.82, 2.24) is 0 Å². The minimum Gasteiger partial charge on any atom is -0.507 e. The lowest BCUT2D eigenvalue weighted by Crippen LogP contribution is -2.10. The first-order chi connectivity index (χ1) is 7.13. The van der Waals surface area contributed by atoms with Crippen LogP contribution in [0.25, 0.3) is 0 Å². The van der Waals surface area contributed by atoms with Crippen molar-refractivity contribution < 1.29 is 14.6 Å². The van der Waals surface area contributed by atoms with Crippen LogP contribution in [0.5, 0.6) is 17.2 Å². The Morgan fingerprint density at radius 2 is 2.00 bits per heavy atom. The molecule has 15 heavy (non-hydrogen) atoms. The van der Waals surface area contributed by atoms with Gasteiger partial charge in [-0.2, -0.15) is 0 Å². The summed E-state index contributed by atoms with van der Waals surface area (Å²) < 4.78 is 10.2. The largest absolute Gasteiger partial charge is 0.507 e. The third-order valence-corrected chi connectivity index (χ3v) is 2.40. The van der Waals surface area contributed by atoms with Crippen LogP contribution in [0.2, 0.25) is 0 Å². The Bertz CT molecular complexity index is 339. The van der Waals surface area contributed by atoms with E-state index in [1.165, 1.54) is 0 Å². The molecule has 0 radical (unpaired) electrons. The van der Waals surface area contributed by atoms with E-state index in [9.17, 15) is 5.11 Å². The third kappa shape index (κ3) is 2.33. The van der Waals surface area contributed by atoms with Gasteiger partial charge in [-0.1, -0.05) is 6.92 Å². The van der Waals surface area contributed by atoms with Crippen molar-refractivity contribution in [2.24, 2.45) is 5.73 Å². The zero-order valence-electron chi connectivity index (χ0n) is 9.28. The molecular weight excluding hydrogens is 194 g/mol. The first-order valence-electron chi connectivity index (χ1n) is 4.79. The molecular formula is C11H17NO3. The monoisotopic (exact) mass is 211 g/mol. The van der Waals surface area contributed by atoms with Crippen molar-refractivity contribution in [1.29, 1.82) is 0 Å². The first kappa shape index (κ1) is 11.7. The van der Waals surface area contributed by atoms with Crippen molar-refractivity contribution in [3.63, 3.8) is 0 Å². The highest BCUT2D eigenvalue weighted by Crippen LogP contribution is 2.37. The van der Waals surface area contributed by atoms with Crippen LogP contribution in [0, 0.1) is 0 Å². The number of methoxy groups -OCH3 is 2. The Labute approximate surface area is 89.6 Å². The molecule has 0 saturated heterocycles.